The topological polar surface area (TPSA) is 150 Å². The second-order valence-corrected chi connectivity index (χ2v) is 14.2. The van der Waals surface area contributed by atoms with Crippen molar-refractivity contribution in [1.82, 2.24) is 25.2 Å². The lowest BCUT2D eigenvalue weighted by Crippen LogP contribution is -2.52. The van der Waals surface area contributed by atoms with Crippen molar-refractivity contribution in [1.29, 1.82) is 0 Å². The number of fused-ring (bicyclic) bond motifs is 1. The first-order chi connectivity index (χ1) is 22.1. The zero-order chi connectivity index (χ0) is 32.7. The fourth-order valence-corrected chi connectivity index (χ4v) is 7.22. The van der Waals surface area contributed by atoms with Gasteiger partial charge in [0.2, 0.25) is 15.9 Å². The highest BCUT2D eigenvalue weighted by atomic mass is 32.2. The summed E-state index contributed by atoms with van der Waals surface area (Å²) in [4.78, 5) is 42.3. The molecule has 248 valence electrons. The highest BCUT2D eigenvalue weighted by Gasteiger charge is 2.34. The van der Waals surface area contributed by atoms with Crippen LogP contribution in [0.15, 0.2) is 63.9 Å². The monoisotopic (exact) mass is 653 g/mol. The molecule has 2 aliphatic rings. The molecule has 12 nitrogen and oxygen atoms in total. The number of sulfonamides is 1. The van der Waals surface area contributed by atoms with Crippen LogP contribution in [0, 0.1) is 5.92 Å². The maximum absolute atomic E-state index is 13.4. The summed E-state index contributed by atoms with van der Waals surface area (Å²) in [6, 6.07) is 13.2. The number of hydrogen-bond acceptors (Lipinski definition) is 9. The summed E-state index contributed by atoms with van der Waals surface area (Å²) in [5.74, 6) is -0.661. The van der Waals surface area contributed by atoms with Gasteiger partial charge < -0.3 is 25.1 Å². The summed E-state index contributed by atoms with van der Waals surface area (Å²) in [7, 11) is -3.85. The van der Waals surface area contributed by atoms with Crippen LogP contribution < -0.4 is 20.7 Å². The second kappa shape index (κ2) is 15.2. The fraction of sp³-hybridized carbons (Fsp3) is 0.485. The Bertz CT molecular complexity index is 1620. The van der Waals surface area contributed by atoms with Crippen LogP contribution in [0.4, 0.5) is 0 Å². The first kappa shape index (κ1) is 33.6. The molecule has 0 aliphatic carbocycles. The van der Waals surface area contributed by atoms with Gasteiger partial charge >= 0.3 is 0 Å². The van der Waals surface area contributed by atoms with E-state index in [0.717, 1.165) is 37.0 Å². The molecule has 0 radical (unpaired) electrons. The molecule has 3 N–H and O–H groups in total. The molecule has 0 spiro atoms. The van der Waals surface area contributed by atoms with Crippen molar-refractivity contribution < 1.29 is 32.0 Å². The first-order valence-electron chi connectivity index (χ1n) is 15.9. The minimum atomic E-state index is -3.85. The lowest BCUT2D eigenvalue weighted by atomic mass is 10.0. The quantitative estimate of drug-likeness (QED) is 0.268. The van der Waals surface area contributed by atoms with Crippen molar-refractivity contribution in [2.24, 2.45) is 5.92 Å². The van der Waals surface area contributed by atoms with Crippen molar-refractivity contribution in [2.75, 3.05) is 52.4 Å². The number of benzene rings is 2. The Balaban J connectivity index is 1.20. The van der Waals surface area contributed by atoms with E-state index in [1.807, 2.05) is 19.9 Å². The Hall–Kier alpha value is -3.78. The number of carbonyl (C=O) groups is 3. The molecule has 2 fully saturated rings. The van der Waals surface area contributed by atoms with Crippen LogP contribution in [0.25, 0.3) is 11.0 Å². The highest BCUT2D eigenvalue weighted by molar-refractivity contribution is 7.89. The van der Waals surface area contributed by atoms with Gasteiger partial charge in [-0.25, -0.2) is 8.42 Å². The summed E-state index contributed by atoms with van der Waals surface area (Å²) < 4.78 is 39.1. The van der Waals surface area contributed by atoms with Crippen LogP contribution >= 0.6 is 0 Å². The Labute approximate surface area is 269 Å². The van der Waals surface area contributed by atoms with Crippen LogP contribution in [0.3, 0.4) is 0 Å². The van der Waals surface area contributed by atoms with Gasteiger partial charge in [-0.1, -0.05) is 32.0 Å². The standard InChI is InChI=1S/C33H43N5O7S/c1-23(2)19-28(32(40)35-27-9-6-14-38(22-29(27)39)46(42,43)26-7-4-3-5-8-26)36-33(41)31-21-24-20-25(10-11-30(24)45-31)44-18-17-37-15-12-34-13-16-37/h3-5,7-8,10-11,20-21,23,27-28,34H,6,9,12-19,22H2,1-2H3,(H,35,40)(H,36,41). The number of piperazine rings is 1. The van der Waals surface area contributed by atoms with Gasteiger partial charge in [0.15, 0.2) is 11.5 Å². The number of furan rings is 1. The maximum atomic E-state index is 13.4. The Morgan fingerprint density at radius 2 is 1.83 bits per heavy atom. The van der Waals surface area contributed by atoms with Crippen molar-refractivity contribution in [3.05, 3.63) is 60.4 Å². The summed E-state index contributed by atoms with van der Waals surface area (Å²) >= 11 is 0. The van der Waals surface area contributed by atoms with Crippen LogP contribution in [0.1, 0.15) is 43.7 Å². The molecule has 5 rings (SSSR count). The highest BCUT2D eigenvalue weighted by Crippen LogP contribution is 2.25. The molecule has 1 aromatic heterocycles. The second-order valence-electron chi connectivity index (χ2n) is 12.2. The number of hydrogen-bond donors (Lipinski definition) is 3. The lowest BCUT2D eigenvalue weighted by Gasteiger charge is -2.26. The number of ether oxygens (including phenoxy) is 1. The molecule has 3 aromatic rings. The molecule has 0 saturated carbocycles. The third-order valence-corrected chi connectivity index (χ3v) is 10.1. The third-order valence-electron chi connectivity index (χ3n) is 8.24. The van der Waals surface area contributed by atoms with E-state index in [1.165, 1.54) is 12.1 Å². The molecule has 46 heavy (non-hydrogen) atoms. The number of ketones is 1. The lowest BCUT2D eigenvalue weighted by molar-refractivity contribution is -0.129. The average Bonchev–Trinajstić information content (AvgIpc) is 3.38. The normalized spacial score (nSPS) is 19.1. The molecule has 2 aromatic carbocycles. The molecule has 0 bridgehead atoms. The van der Waals surface area contributed by atoms with Crippen LogP contribution in [0.5, 0.6) is 5.75 Å². The predicted molar refractivity (Wildman–Crippen MR) is 173 cm³/mol. The number of nitrogens with one attached hydrogen (secondary N) is 3. The summed E-state index contributed by atoms with van der Waals surface area (Å²) in [5.41, 5.74) is 0.517. The van der Waals surface area contributed by atoms with Crippen LogP contribution in [-0.2, 0) is 19.6 Å². The van der Waals surface area contributed by atoms with Crippen LogP contribution in [-0.4, -0.2) is 99.7 Å². The largest absolute Gasteiger partial charge is 0.492 e. The minimum Gasteiger partial charge on any atom is -0.492 e. The zero-order valence-corrected chi connectivity index (χ0v) is 27.2. The molecule has 2 aliphatic heterocycles. The molecule has 2 unspecified atom stereocenters. The number of rotatable bonds is 12. The van der Waals surface area contributed by atoms with E-state index >= 15 is 0 Å². The predicted octanol–water partition coefficient (Wildman–Crippen LogP) is 2.40. The molecule has 3 heterocycles. The van der Waals surface area contributed by atoms with E-state index in [-0.39, 0.29) is 36.1 Å². The van der Waals surface area contributed by atoms with Crippen molar-refractivity contribution in [3.8, 4) is 5.75 Å². The zero-order valence-electron chi connectivity index (χ0n) is 26.4. The van der Waals surface area contributed by atoms with E-state index in [4.69, 9.17) is 9.15 Å². The van der Waals surface area contributed by atoms with Gasteiger partial charge in [-0.05, 0) is 61.6 Å². The third kappa shape index (κ3) is 8.52. The Morgan fingerprint density at radius 1 is 1.07 bits per heavy atom. The van der Waals surface area contributed by atoms with E-state index in [2.05, 4.69) is 20.9 Å². The van der Waals surface area contributed by atoms with E-state index < -0.39 is 39.7 Å². The van der Waals surface area contributed by atoms with Gasteiger partial charge in [-0.3, -0.25) is 19.3 Å². The smallest absolute Gasteiger partial charge is 0.287 e. The van der Waals surface area contributed by atoms with E-state index in [1.54, 1.807) is 36.4 Å². The molecular formula is C33H43N5O7S. The summed E-state index contributed by atoms with van der Waals surface area (Å²) in [6.45, 7) is 9.00. The summed E-state index contributed by atoms with van der Waals surface area (Å²) in [5, 5.41) is 9.60. The van der Waals surface area contributed by atoms with Gasteiger partial charge in [0.1, 0.15) is 24.0 Å². The van der Waals surface area contributed by atoms with Gasteiger partial charge in [-0.15, -0.1) is 0 Å². The molecular weight excluding hydrogens is 610 g/mol. The van der Waals surface area contributed by atoms with Crippen molar-refractivity contribution >= 4 is 38.6 Å². The number of Topliss-reactive ketones (excluding diaryl/α,β-unsaturated/α-hetero) is 1. The average molecular weight is 654 g/mol. The maximum Gasteiger partial charge on any atom is 0.287 e. The molecule has 2 saturated heterocycles. The Kier molecular flexibility index (Phi) is 11.1. The van der Waals surface area contributed by atoms with Gasteiger partial charge in [0.25, 0.3) is 5.91 Å². The molecule has 2 amide bonds. The molecule has 2 atom stereocenters. The van der Waals surface area contributed by atoms with E-state index in [9.17, 15) is 22.8 Å². The Morgan fingerprint density at radius 3 is 2.57 bits per heavy atom. The minimum absolute atomic E-state index is 0.0572. The number of carbonyl (C=O) groups excluding carboxylic acids is 3. The molecule has 13 heteroatoms. The first-order valence-corrected chi connectivity index (χ1v) is 17.3. The number of amides is 2. The van der Waals surface area contributed by atoms with Gasteiger partial charge in [0.05, 0.1) is 17.5 Å². The van der Waals surface area contributed by atoms with Crippen molar-refractivity contribution in [2.45, 2.75) is 50.1 Å². The number of nitrogens with zero attached hydrogens (tertiary/aromatic N) is 2. The van der Waals surface area contributed by atoms with Crippen molar-refractivity contribution in [3.63, 3.8) is 0 Å². The van der Waals surface area contributed by atoms with Gasteiger partial charge in [0, 0.05) is 44.7 Å². The van der Waals surface area contributed by atoms with Gasteiger partial charge in [-0.2, -0.15) is 4.31 Å². The van der Waals surface area contributed by atoms with Crippen LogP contribution in [0.2, 0.25) is 0 Å². The van der Waals surface area contributed by atoms with E-state index in [0.29, 0.717) is 36.2 Å². The summed E-state index contributed by atoms with van der Waals surface area (Å²) in [6.07, 6.45) is 1.01. The SMILES string of the molecule is CC(C)CC(NC(=O)c1cc2cc(OCCN3CCNCC3)ccc2o1)C(=O)NC1CCCN(S(=O)(=O)c2ccccc2)CC1=O. The fourth-order valence-electron chi connectivity index (χ4n) is 5.75.